The molecule has 32 heavy (non-hydrogen) atoms. The number of halogens is 2. The van der Waals surface area contributed by atoms with Crippen LogP contribution in [0.5, 0.6) is 5.75 Å². The number of ether oxygens (including phenoxy) is 1. The molecule has 0 fully saturated rings. The van der Waals surface area contributed by atoms with Crippen LogP contribution in [-0.4, -0.2) is 6.61 Å². The van der Waals surface area contributed by atoms with Gasteiger partial charge in [0.25, 0.3) is 0 Å². The molecule has 3 aromatic rings. The maximum Gasteiger partial charge on any atom is 0.201 e. The van der Waals surface area contributed by atoms with E-state index in [0.717, 1.165) is 36.0 Å². The van der Waals surface area contributed by atoms with Gasteiger partial charge in [-0.05, 0) is 60.2 Å². The minimum absolute atomic E-state index is 0.0214. The van der Waals surface area contributed by atoms with Gasteiger partial charge < -0.3 is 4.74 Å². The second-order valence-corrected chi connectivity index (χ2v) is 7.92. The zero-order valence-corrected chi connectivity index (χ0v) is 18.9. The Morgan fingerprint density at radius 3 is 2.00 bits per heavy atom. The van der Waals surface area contributed by atoms with Crippen LogP contribution < -0.4 is 4.74 Å². The minimum Gasteiger partial charge on any atom is -0.490 e. The zero-order valence-electron chi connectivity index (χ0n) is 18.9. The fraction of sp³-hybridized carbons (Fsp3) is 0.310. The van der Waals surface area contributed by atoms with Crippen LogP contribution in [0.15, 0.2) is 60.7 Å². The van der Waals surface area contributed by atoms with E-state index in [1.807, 2.05) is 31.2 Å². The Bertz CT molecular complexity index is 1060. The smallest absolute Gasteiger partial charge is 0.201 e. The molecule has 3 aromatic carbocycles. The monoisotopic (exact) mass is 432 g/mol. The Hall–Kier alpha value is -3.12. The van der Waals surface area contributed by atoms with E-state index in [0.29, 0.717) is 6.61 Å². The molecule has 0 heterocycles. The van der Waals surface area contributed by atoms with Gasteiger partial charge in [0.1, 0.15) is 0 Å². The SMILES string of the molecule is CCCCCc1ccc(-c2ccc(C#Cc3ccc(OCCCC)c(F)c3F)cc2)cc1. The largest absolute Gasteiger partial charge is 0.490 e. The number of unbranched alkanes of at least 4 members (excludes halogenated alkanes) is 3. The first-order valence-electron chi connectivity index (χ1n) is 11.4. The van der Waals surface area contributed by atoms with Crippen molar-refractivity contribution in [3.05, 3.63) is 89.0 Å². The van der Waals surface area contributed by atoms with Crippen LogP contribution in [0.2, 0.25) is 0 Å². The maximum absolute atomic E-state index is 14.3. The van der Waals surface area contributed by atoms with E-state index >= 15 is 0 Å². The van der Waals surface area contributed by atoms with E-state index in [1.54, 1.807) is 0 Å². The van der Waals surface area contributed by atoms with Crippen molar-refractivity contribution in [3.63, 3.8) is 0 Å². The molecule has 0 atom stereocenters. The Balaban J connectivity index is 1.67. The normalized spacial score (nSPS) is 10.5. The van der Waals surface area contributed by atoms with Gasteiger partial charge >= 0.3 is 0 Å². The molecule has 0 saturated heterocycles. The Kier molecular flexibility index (Phi) is 8.87. The molecule has 0 aromatic heterocycles. The molecule has 0 aliphatic carbocycles. The molecule has 0 unspecified atom stereocenters. The first-order chi connectivity index (χ1) is 15.6. The van der Waals surface area contributed by atoms with E-state index in [4.69, 9.17) is 4.74 Å². The van der Waals surface area contributed by atoms with Crippen molar-refractivity contribution < 1.29 is 13.5 Å². The third-order valence-electron chi connectivity index (χ3n) is 5.39. The fourth-order valence-electron chi connectivity index (χ4n) is 3.39. The molecule has 1 nitrogen and oxygen atoms in total. The van der Waals surface area contributed by atoms with E-state index < -0.39 is 11.6 Å². The Morgan fingerprint density at radius 2 is 1.34 bits per heavy atom. The summed E-state index contributed by atoms with van der Waals surface area (Å²) in [5.41, 5.74) is 4.37. The molecular formula is C29H30F2O. The van der Waals surface area contributed by atoms with Gasteiger partial charge in [0.05, 0.1) is 12.2 Å². The quantitative estimate of drug-likeness (QED) is 0.246. The lowest BCUT2D eigenvalue weighted by molar-refractivity contribution is 0.288. The third-order valence-corrected chi connectivity index (χ3v) is 5.39. The third kappa shape index (κ3) is 6.44. The first kappa shape index (κ1) is 23.5. The molecule has 3 heteroatoms. The fourth-order valence-corrected chi connectivity index (χ4v) is 3.39. The highest BCUT2D eigenvalue weighted by molar-refractivity contribution is 5.64. The summed E-state index contributed by atoms with van der Waals surface area (Å²) < 4.78 is 33.8. The predicted octanol–water partition coefficient (Wildman–Crippen LogP) is 7.94. The van der Waals surface area contributed by atoms with Crippen molar-refractivity contribution in [1.29, 1.82) is 0 Å². The standard InChI is InChI=1S/C29H30F2O/c1-3-5-7-8-22-9-14-24(15-10-22)25-16-11-23(12-17-25)13-18-26-19-20-27(29(31)28(26)30)32-21-6-4-2/h9-12,14-17,19-20H,3-8,21H2,1-2H3. The number of hydrogen-bond donors (Lipinski definition) is 0. The second kappa shape index (κ2) is 12.1. The molecule has 0 radical (unpaired) electrons. The topological polar surface area (TPSA) is 9.23 Å². The summed E-state index contributed by atoms with van der Waals surface area (Å²) in [5.74, 6) is 3.63. The van der Waals surface area contributed by atoms with Crippen molar-refractivity contribution in [2.75, 3.05) is 6.61 Å². The van der Waals surface area contributed by atoms with Crippen molar-refractivity contribution in [3.8, 4) is 28.7 Å². The summed E-state index contributed by atoms with van der Waals surface area (Å²) in [6.07, 6.45) is 6.55. The van der Waals surface area contributed by atoms with Gasteiger partial charge in [-0.15, -0.1) is 0 Å². The van der Waals surface area contributed by atoms with E-state index in [9.17, 15) is 8.78 Å². The second-order valence-electron chi connectivity index (χ2n) is 7.92. The summed E-state index contributed by atoms with van der Waals surface area (Å²) in [6.45, 7) is 4.59. The average molecular weight is 433 g/mol. The molecule has 0 saturated carbocycles. The van der Waals surface area contributed by atoms with Crippen LogP contribution in [0, 0.1) is 23.5 Å². The van der Waals surface area contributed by atoms with Crippen LogP contribution >= 0.6 is 0 Å². The number of aryl methyl sites for hydroxylation is 1. The highest BCUT2D eigenvalue weighted by atomic mass is 19.2. The summed E-state index contributed by atoms with van der Waals surface area (Å²) in [5, 5.41) is 0. The van der Waals surface area contributed by atoms with E-state index in [2.05, 4.69) is 43.0 Å². The lowest BCUT2D eigenvalue weighted by Gasteiger charge is -2.07. The molecular weight excluding hydrogens is 402 g/mol. The number of benzene rings is 3. The van der Waals surface area contributed by atoms with Crippen molar-refractivity contribution in [2.45, 2.75) is 52.4 Å². The average Bonchev–Trinajstić information content (AvgIpc) is 2.82. The molecule has 0 bridgehead atoms. The molecule has 0 spiro atoms. The van der Waals surface area contributed by atoms with Gasteiger partial charge in [-0.2, -0.15) is 4.39 Å². The summed E-state index contributed by atoms with van der Waals surface area (Å²) in [6, 6.07) is 19.3. The zero-order chi connectivity index (χ0) is 22.8. The Labute approximate surface area is 190 Å². The predicted molar refractivity (Wildman–Crippen MR) is 128 cm³/mol. The van der Waals surface area contributed by atoms with E-state index in [1.165, 1.54) is 37.0 Å². The van der Waals surface area contributed by atoms with Crippen molar-refractivity contribution in [2.24, 2.45) is 0 Å². The summed E-state index contributed by atoms with van der Waals surface area (Å²) in [7, 11) is 0. The molecule has 3 rings (SSSR count). The van der Waals surface area contributed by atoms with Crippen LogP contribution in [0.3, 0.4) is 0 Å². The number of hydrogen-bond acceptors (Lipinski definition) is 1. The van der Waals surface area contributed by atoms with Gasteiger partial charge in [0.15, 0.2) is 11.6 Å². The summed E-state index contributed by atoms with van der Waals surface area (Å²) >= 11 is 0. The van der Waals surface area contributed by atoms with Crippen LogP contribution in [0.25, 0.3) is 11.1 Å². The van der Waals surface area contributed by atoms with Crippen LogP contribution in [0.1, 0.15) is 62.6 Å². The van der Waals surface area contributed by atoms with Gasteiger partial charge in [0, 0.05) is 5.56 Å². The first-order valence-corrected chi connectivity index (χ1v) is 11.4. The summed E-state index contributed by atoms with van der Waals surface area (Å²) in [4.78, 5) is 0. The lowest BCUT2D eigenvalue weighted by Crippen LogP contribution is -2.01. The molecule has 0 N–H and O–H groups in total. The van der Waals surface area contributed by atoms with Crippen LogP contribution in [-0.2, 0) is 6.42 Å². The lowest BCUT2D eigenvalue weighted by atomic mass is 10.0. The molecule has 166 valence electrons. The van der Waals surface area contributed by atoms with Crippen LogP contribution in [0.4, 0.5) is 8.78 Å². The molecule has 0 aliphatic rings. The highest BCUT2D eigenvalue weighted by Crippen LogP contribution is 2.23. The van der Waals surface area contributed by atoms with Gasteiger partial charge in [0.2, 0.25) is 5.82 Å². The molecule has 0 aliphatic heterocycles. The van der Waals surface area contributed by atoms with Crippen molar-refractivity contribution in [1.82, 2.24) is 0 Å². The van der Waals surface area contributed by atoms with Crippen molar-refractivity contribution >= 4 is 0 Å². The Morgan fingerprint density at radius 1 is 0.688 bits per heavy atom. The van der Waals surface area contributed by atoms with E-state index in [-0.39, 0.29) is 11.3 Å². The van der Waals surface area contributed by atoms with Gasteiger partial charge in [-0.1, -0.05) is 81.3 Å². The van der Waals surface area contributed by atoms with Gasteiger partial charge in [-0.25, -0.2) is 4.39 Å². The minimum atomic E-state index is -0.985. The maximum atomic E-state index is 14.3. The highest BCUT2D eigenvalue weighted by Gasteiger charge is 2.13. The van der Waals surface area contributed by atoms with Gasteiger partial charge in [-0.3, -0.25) is 0 Å². The number of rotatable bonds is 9. The molecule has 0 amide bonds.